The van der Waals surface area contributed by atoms with Crippen LogP contribution in [-0.2, 0) is 11.3 Å². The van der Waals surface area contributed by atoms with E-state index >= 15 is 0 Å². The summed E-state index contributed by atoms with van der Waals surface area (Å²) in [5, 5.41) is 10.6. The lowest BCUT2D eigenvalue weighted by molar-refractivity contribution is -0.383. The van der Waals surface area contributed by atoms with Crippen LogP contribution in [0.2, 0.25) is 0 Å². The van der Waals surface area contributed by atoms with E-state index < -0.39 is 4.92 Å². The summed E-state index contributed by atoms with van der Waals surface area (Å²) in [6.45, 7) is 5.50. The predicted molar refractivity (Wildman–Crippen MR) is 71.2 cm³/mol. The fourth-order valence-electron chi connectivity index (χ4n) is 1.64. The molecule has 0 aliphatic heterocycles. The van der Waals surface area contributed by atoms with Crippen molar-refractivity contribution in [3.05, 3.63) is 33.9 Å². The Kier molecular flexibility index (Phi) is 5.58. The summed E-state index contributed by atoms with van der Waals surface area (Å²) in [4.78, 5) is 10.1. The first-order chi connectivity index (χ1) is 8.50. The van der Waals surface area contributed by atoms with E-state index in [-0.39, 0.29) is 11.4 Å². The van der Waals surface area contributed by atoms with E-state index in [9.17, 15) is 10.1 Å². The average molecular weight is 252 g/mol. The minimum absolute atomic E-state index is 0.0569. The summed E-state index contributed by atoms with van der Waals surface area (Å²) in [7, 11) is 0. The molecule has 2 N–H and O–H groups in total. The Morgan fingerprint density at radius 3 is 2.72 bits per heavy atom. The second-order valence-electron chi connectivity index (χ2n) is 4.74. The minimum Gasteiger partial charge on any atom is -0.393 e. The largest absolute Gasteiger partial charge is 0.393 e. The SMILES string of the molecule is CC(C)CCCOCc1ccc([N+](=O)[O-])c(N)c1. The lowest BCUT2D eigenvalue weighted by Gasteiger charge is -2.07. The third-order valence-corrected chi connectivity index (χ3v) is 2.63. The van der Waals surface area contributed by atoms with Gasteiger partial charge in [-0.05, 0) is 36.5 Å². The number of nitro groups is 1. The molecule has 0 aliphatic carbocycles. The highest BCUT2D eigenvalue weighted by molar-refractivity contribution is 5.59. The van der Waals surface area contributed by atoms with Crippen molar-refractivity contribution in [3.8, 4) is 0 Å². The number of anilines is 1. The first-order valence-corrected chi connectivity index (χ1v) is 6.11. The van der Waals surface area contributed by atoms with Gasteiger partial charge in [-0.1, -0.05) is 13.8 Å². The zero-order valence-corrected chi connectivity index (χ0v) is 10.9. The number of nitro benzene ring substituents is 1. The van der Waals surface area contributed by atoms with Crippen molar-refractivity contribution in [1.29, 1.82) is 0 Å². The van der Waals surface area contributed by atoms with E-state index in [0.717, 1.165) is 18.4 Å². The summed E-state index contributed by atoms with van der Waals surface area (Å²) >= 11 is 0. The summed E-state index contributed by atoms with van der Waals surface area (Å²) in [5.41, 5.74) is 6.59. The van der Waals surface area contributed by atoms with Gasteiger partial charge in [0.1, 0.15) is 5.69 Å². The molecule has 1 rings (SSSR count). The summed E-state index contributed by atoms with van der Waals surface area (Å²) in [5.74, 6) is 0.684. The average Bonchev–Trinajstić information content (AvgIpc) is 2.27. The summed E-state index contributed by atoms with van der Waals surface area (Å²) in [6, 6.07) is 4.69. The van der Waals surface area contributed by atoms with Crippen molar-refractivity contribution in [2.75, 3.05) is 12.3 Å². The van der Waals surface area contributed by atoms with Gasteiger partial charge in [-0.2, -0.15) is 0 Å². The molecule has 0 atom stereocenters. The Morgan fingerprint density at radius 1 is 1.44 bits per heavy atom. The highest BCUT2D eigenvalue weighted by atomic mass is 16.6. The Bertz CT molecular complexity index is 405. The number of nitrogens with two attached hydrogens (primary N) is 1. The van der Waals surface area contributed by atoms with Crippen LogP contribution in [0.5, 0.6) is 0 Å². The Balaban J connectivity index is 2.39. The van der Waals surface area contributed by atoms with Gasteiger partial charge in [0.2, 0.25) is 0 Å². The highest BCUT2D eigenvalue weighted by Gasteiger charge is 2.10. The van der Waals surface area contributed by atoms with Crippen molar-refractivity contribution in [2.45, 2.75) is 33.3 Å². The van der Waals surface area contributed by atoms with Crippen LogP contribution in [0.15, 0.2) is 18.2 Å². The molecule has 0 heterocycles. The lowest BCUT2D eigenvalue weighted by Crippen LogP contribution is -2.00. The molecule has 0 spiro atoms. The number of ether oxygens (including phenoxy) is 1. The molecule has 0 saturated heterocycles. The third kappa shape index (κ3) is 4.71. The van der Waals surface area contributed by atoms with E-state index in [4.69, 9.17) is 10.5 Å². The van der Waals surface area contributed by atoms with Crippen LogP contribution in [0.4, 0.5) is 11.4 Å². The van der Waals surface area contributed by atoms with Gasteiger partial charge < -0.3 is 10.5 Å². The number of rotatable bonds is 7. The topological polar surface area (TPSA) is 78.4 Å². The maximum atomic E-state index is 10.6. The first-order valence-electron chi connectivity index (χ1n) is 6.11. The molecule has 0 unspecified atom stereocenters. The van der Waals surface area contributed by atoms with Crippen LogP contribution in [0, 0.1) is 16.0 Å². The van der Waals surface area contributed by atoms with Gasteiger partial charge in [0.05, 0.1) is 11.5 Å². The van der Waals surface area contributed by atoms with Crippen LogP contribution in [0.25, 0.3) is 0 Å². The molecule has 0 amide bonds. The summed E-state index contributed by atoms with van der Waals surface area (Å²) < 4.78 is 5.50. The minimum atomic E-state index is -0.484. The summed E-state index contributed by atoms with van der Waals surface area (Å²) in [6.07, 6.45) is 2.17. The van der Waals surface area contributed by atoms with Crippen molar-refractivity contribution >= 4 is 11.4 Å². The van der Waals surface area contributed by atoms with Gasteiger partial charge in [0.15, 0.2) is 0 Å². The molecule has 0 bridgehead atoms. The fraction of sp³-hybridized carbons (Fsp3) is 0.538. The van der Waals surface area contributed by atoms with Gasteiger partial charge >= 0.3 is 0 Å². The fourth-order valence-corrected chi connectivity index (χ4v) is 1.64. The standard InChI is InChI=1S/C13H20N2O3/c1-10(2)4-3-7-18-9-11-5-6-13(15(16)17)12(14)8-11/h5-6,8,10H,3-4,7,9,14H2,1-2H3. The van der Waals surface area contributed by atoms with E-state index in [1.54, 1.807) is 12.1 Å². The Hall–Kier alpha value is -1.62. The number of nitrogens with zero attached hydrogens (tertiary/aromatic N) is 1. The van der Waals surface area contributed by atoms with E-state index in [2.05, 4.69) is 13.8 Å². The first kappa shape index (κ1) is 14.4. The molecule has 0 radical (unpaired) electrons. The van der Waals surface area contributed by atoms with E-state index in [1.807, 2.05) is 0 Å². The van der Waals surface area contributed by atoms with Crippen molar-refractivity contribution < 1.29 is 9.66 Å². The molecule has 18 heavy (non-hydrogen) atoms. The monoisotopic (exact) mass is 252 g/mol. The molecule has 0 aromatic heterocycles. The van der Waals surface area contributed by atoms with Crippen LogP contribution in [0.3, 0.4) is 0 Å². The van der Waals surface area contributed by atoms with Crippen LogP contribution >= 0.6 is 0 Å². The molecular weight excluding hydrogens is 232 g/mol. The molecular formula is C13H20N2O3. The van der Waals surface area contributed by atoms with Crippen molar-refractivity contribution in [2.24, 2.45) is 5.92 Å². The zero-order chi connectivity index (χ0) is 13.5. The highest BCUT2D eigenvalue weighted by Crippen LogP contribution is 2.22. The molecule has 5 heteroatoms. The quantitative estimate of drug-likeness (QED) is 0.350. The van der Waals surface area contributed by atoms with Crippen molar-refractivity contribution in [1.82, 2.24) is 0 Å². The molecule has 0 aliphatic rings. The second kappa shape index (κ2) is 6.96. The molecule has 1 aromatic carbocycles. The van der Waals surface area contributed by atoms with Gasteiger partial charge in [-0.25, -0.2) is 0 Å². The molecule has 100 valence electrons. The van der Waals surface area contributed by atoms with Crippen LogP contribution in [0.1, 0.15) is 32.3 Å². The van der Waals surface area contributed by atoms with Crippen LogP contribution < -0.4 is 5.73 Å². The smallest absolute Gasteiger partial charge is 0.292 e. The molecule has 1 aromatic rings. The maximum absolute atomic E-state index is 10.6. The predicted octanol–water partition coefficient (Wildman–Crippen LogP) is 3.13. The molecule has 0 saturated carbocycles. The normalized spacial score (nSPS) is 10.8. The van der Waals surface area contributed by atoms with Gasteiger partial charge in [-0.15, -0.1) is 0 Å². The molecule has 5 nitrogen and oxygen atoms in total. The van der Waals surface area contributed by atoms with Crippen LogP contribution in [-0.4, -0.2) is 11.5 Å². The number of hydrogen-bond acceptors (Lipinski definition) is 4. The van der Waals surface area contributed by atoms with Crippen molar-refractivity contribution in [3.63, 3.8) is 0 Å². The maximum Gasteiger partial charge on any atom is 0.292 e. The van der Waals surface area contributed by atoms with Gasteiger partial charge in [-0.3, -0.25) is 10.1 Å². The number of benzene rings is 1. The van der Waals surface area contributed by atoms with E-state index in [0.29, 0.717) is 19.1 Å². The van der Waals surface area contributed by atoms with Gasteiger partial charge in [0, 0.05) is 12.7 Å². The molecule has 0 fully saturated rings. The lowest BCUT2D eigenvalue weighted by atomic mass is 10.1. The zero-order valence-electron chi connectivity index (χ0n) is 10.9. The second-order valence-corrected chi connectivity index (χ2v) is 4.74. The number of nitrogen functional groups attached to an aromatic ring is 1. The Labute approximate surface area is 107 Å². The van der Waals surface area contributed by atoms with E-state index in [1.165, 1.54) is 6.07 Å². The number of hydrogen-bond donors (Lipinski definition) is 1. The Morgan fingerprint density at radius 2 is 2.17 bits per heavy atom. The van der Waals surface area contributed by atoms with Gasteiger partial charge in [0.25, 0.3) is 5.69 Å². The third-order valence-electron chi connectivity index (χ3n) is 2.63.